The van der Waals surface area contributed by atoms with Crippen LogP contribution < -0.4 is 10.2 Å². The van der Waals surface area contributed by atoms with Gasteiger partial charge in [0.1, 0.15) is 12.1 Å². The Morgan fingerprint density at radius 2 is 1.94 bits per heavy atom. The van der Waals surface area contributed by atoms with Crippen LogP contribution in [0.25, 0.3) is 22.4 Å². The molecule has 0 saturated carbocycles. The number of pyridine rings is 1. The predicted molar refractivity (Wildman–Crippen MR) is 119 cm³/mol. The summed E-state index contributed by atoms with van der Waals surface area (Å²) in [5.41, 5.74) is 3.39. The Morgan fingerprint density at radius 3 is 2.69 bits per heavy atom. The Bertz CT molecular complexity index is 1260. The number of hydrogen-bond acceptors (Lipinski definition) is 6. The fourth-order valence-corrected chi connectivity index (χ4v) is 4.02. The molecule has 4 heterocycles. The third-order valence-electron chi connectivity index (χ3n) is 5.75. The number of benzene rings is 1. The summed E-state index contributed by atoms with van der Waals surface area (Å²) in [7, 11) is 1.91. The van der Waals surface area contributed by atoms with Gasteiger partial charge in [-0.05, 0) is 37.1 Å². The highest BCUT2D eigenvalue weighted by molar-refractivity contribution is 5.94. The van der Waals surface area contributed by atoms with E-state index in [4.69, 9.17) is 0 Å². The van der Waals surface area contributed by atoms with E-state index in [9.17, 15) is 9.18 Å². The van der Waals surface area contributed by atoms with Crippen molar-refractivity contribution in [1.82, 2.24) is 29.8 Å². The normalized spacial score (nSPS) is 14.6. The molecule has 1 N–H and O–H groups in total. The molecule has 0 aliphatic carbocycles. The summed E-state index contributed by atoms with van der Waals surface area (Å²) in [6.45, 7) is 1.54. The molecule has 1 aromatic carbocycles. The fraction of sp³-hybridized carbons (Fsp3) is 0.261. The number of hydrogen-bond donors (Lipinski definition) is 1. The van der Waals surface area contributed by atoms with Gasteiger partial charge in [0.15, 0.2) is 17.0 Å². The largest absolute Gasteiger partial charge is 0.355 e. The van der Waals surface area contributed by atoms with Gasteiger partial charge < -0.3 is 14.8 Å². The summed E-state index contributed by atoms with van der Waals surface area (Å²) in [5, 5.41) is 3.10. The summed E-state index contributed by atoms with van der Waals surface area (Å²) in [5.74, 6) is 0.358. The minimum atomic E-state index is -0.316. The van der Waals surface area contributed by atoms with Crippen LogP contribution >= 0.6 is 0 Å². The van der Waals surface area contributed by atoms with Gasteiger partial charge in [0.25, 0.3) is 5.91 Å². The third-order valence-corrected chi connectivity index (χ3v) is 5.75. The highest BCUT2D eigenvalue weighted by Gasteiger charge is 2.24. The van der Waals surface area contributed by atoms with Crippen LogP contribution in [0.1, 0.15) is 23.2 Å². The van der Waals surface area contributed by atoms with Gasteiger partial charge in [-0.1, -0.05) is 12.1 Å². The van der Waals surface area contributed by atoms with Crippen molar-refractivity contribution in [3.63, 3.8) is 0 Å². The highest BCUT2D eigenvalue weighted by atomic mass is 19.1. The van der Waals surface area contributed by atoms with Gasteiger partial charge in [0.05, 0.1) is 17.6 Å². The second-order valence-electron chi connectivity index (χ2n) is 7.90. The van der Waals surface area contributed by atoms with E-state index in [1.54, 1.807) is 36.9 Å². The SMILES string of the molecule is Cn1cnc2c(N3CCC(NC(=O)c4ccc(-c5cccc(F)c5)nc4)CC3)ncnc21. The van der Waals surface area contributed by atoms with E-state index in [0.717, 1.165) is 42.9 Å². The number of fused-ring (bicyclic) bond motifs is 1. The second-order valence-corrected chi connectivity index (χ2v) is 7.90. The lowest BCUT2D eigenvalue weighted by atomic mass is 10.0. The lowest BCUT2D eigenvalue weighted by molar-refractivity contribution is 0.0930. The van der Waals surface area contributed by atoms with Gasteiger partial charge in [-0.2, -0.15) is 0 Å². The second kappa shape index (κ2) is 8.33. The molecule has 0 bridgehead atoms. The van der Waals surface area contributed by atoms with Gasteiger partial charge in [-0.15, -0.1) is 0 Å². The molecule has 162 valence electrons. The zero-order valence-corrected chi connectivity index (χ0v) is 17.6. The van der Waals surface area contributed by atoms with Crippen molar-refractivity contribution < 1.29 is 9.18 Å². The molecule has 9 heteroatoms. The third kappa shape index (κ3) is 3.89. The van der Waals surface area contributed by atoms with Crippen molar-refractivity contribution in [3.05, 3.63) is 66.6 Å². The van der Waals surface area contributed by atoms with Crippen molar-refractivity contribution in [2.75, 3.05) is 18.0 Å². The first-order valence-electron chi connectivity index (χ1n) is 10.5. The average Bonchev–Trinajstić information content (AvgIpc) is 3.21. The highest BCUT2D eigenvalue weighted by Crippen LogP contribution is 2.24. The summed E-state index contributed by atoms with van der Waals surface area (Å²) in [6.07, 6.45) is 6.44. The molecule has 3 aromatic heterocycles. The molecule has 0 spiro atoms. The predicted octanol–water partition coefficient (Wildman–Crippen LogP) is 2.96. The first-order valence-corrected chi connectivity index (χ1v) is 10.5. The first-order chi connectivity index (χ1) is 15.6. The molecule has 0 radical (unpaired) electrons. The number of nitrogens with one attached hydrogen (secondary N) is 1. The number of piperidine rings is 1. The summed E-state index contributed by atoms with van der Waals surface area (Å²) < 4.78 is 15.3. The van der Waals surface area contributed by atoms with Crippen LogP contribution in [0.2, 0.25) is 0 Å². The van der Waals surface area contributed by atoms with Crippen molar-refractivity contribution in [3.8, 4) is 11.3 Å². The number of rotatable bonds is 4. The molecule has 0 unspecified atom stereocenters. The van der Waals surface area contributed by atoms with Crippen molar-refractivity contribution in [1.29, 1.82) is 0 Å². The number of nitrogens with zero attached hydrogens (tertiary/aromatic N) is 6. The van der Waals surface area contributed by atoms with E-state index in [0.29, 0.717) is 16.8 Å². The number of halogens is 1. The topological polar surface area (TPSA) is 88.8 Å². The minimum absolute atomic E-state index is 0.0720. The smallest absolute Gasteiger partial charge is 0.253 e. The molecule has 4 aromatic rings. The molecule has 1 saturated heterocycles. The van der Waals surface area contributed by atoms with Gasteiger partial charge in [0, 0.05) is 37.9 Å². The van der Waals surface area contributed by atoms with Crippen LogP contribution in [0.4, 0.5) is 10.2 Å². The van der Waals surface area contributed by atoms with Crippen LogP contribution in [0.5, 0.6) is 0 Å². The Kier molecular flexibility index (Phi) is 5.22. The quantitative estimate of drug-likeness (QED) is 0.535. The number of imidazole rings is 1. The summed E-state index contributed by atoms with van der Waals surface area (Å²) in [4.78, 5) is 32.4. The standard InChI is InChI=1S/C23H22FN7O/c1-30-14-28-20-21(30)26-13-27-22(20)31-9-7-18(8-10-31)29-23(32)16-5-6-19(25-12-16)15-3-2-4-17(24)11-15/h2-6,11-14,18H,7-10H2,1H3,(H,29,32). The number of amides is 1. The van der Waals surface area contributed by atoms with E-state index in [2.05, 4.69) is 30.2 Å². The lowest BCUT2D eigenvalue weighted by Gasteiger charge is -2.33. The number of aromatic nitrogens is 5. The number of carbonyl (C=O) groups is 1. The maximum absolute atomic E-state index is 13.4. The van der Waals surface area contributed by atoms with Gasteiger partial charge in [-0.25, -0.2) is 19.3 Å². The minimum Gasteiger partial charge on any atom is -0.355 e. The Balaban J connectivity index is 1.21. The van der Waals surface area contributed by atoms with E-state index in [-0.39, 0.29) is 17.8 Å². The zero-order chi connectivity index (χ0) is 22.1. The number of aryl methyl sites for hydroxylation is 1. The molecule has 0 atom stereocenters. The van der Waals surface area contributed by atoms with E-state index >= 15 is 0 Å². The van der Waals surface area contributed by atoms with Gasteiger partial charge in [0.2, 0.25) is 0 Å². The van der Waals surface area contributed by atoms with Crippen LogP contribution in [-0.4, -0.2) is 49.5 Å². The maximum Gasteiger partial charge on any atom is 0.253 e. The molecule has 8 nitrogen and oxygen atoms in total. The van der Waals surface area contributed by atoms with Crippen molar-refractivity contribution in [2.45, 2.75) is 18.9 Å². The molecule has 1 fully saturated rings. The zero-order valence-electron chi connectivity index (χ0n) is 17.6. The monoisotopic (exact) mass is 431 g/mol. The number of anilines is 1. The lowest BCUT2D eigenvalue weighted by Crippen LogP contribution is -2.45. The Labute approximate surface area is 184 Å². The van der Waals surface area contributed by atoms with Gasteiger partial charge >= 0.3 is 0 Å². The maximum atomic E-state index is 13.4. The Morgan fingerprint density at radius 1 is 1.09 bits per heavy atom. The molecule has 5 rings (SSSR count). The van der Waals surface area contributed by atoms with Crippen molar-refractivity contribution in [2.24, 2.45) is 7.05 Å². The summed E-state index contributed by atoms with van der Waals surface area (Å²) >= 11 is 0. The Hall–Kier alpha value is -3.88. The van der Waals surface area contributed by atoms with Crippen molar-refractivity contribution >= 4 is 22.9 Å². The molecule has 1 aliphatic rings. The summed E-state index contributed by atoms with van der Waals surface area (Å²) in [6, 6.07) is 9.76. The van der Waals surface area contributed by atoms with Crippen LogP contribution in [0.3, 0.4) is 0 Å². The molecule has 32 heavy (non-hydrogen) atoms. The van der Waals surface area contributed by atoms with E-state index in [1.807, 2.05) is 11.6 Å². The van der Waals surface area contributed by atoms with E-state index < -0.39 is 0 Å². The molecule has 1 aliphatic heterocycles. The van der Waals surface area contributed by atoms with E-state index in [1.165, 1.54) is 18.3 Å². The molecular weight excluding hydrogens is 409 g/mol. The molecule has 1 amide bonds. The van der Waals surface area contributed by atoms with Crippen LogP contribution in [-0.2, 0) is 7.05 Å². The van der Waals surface area contributed by atoms with Crippen LogP contribution in [0, 0.1) is 5.82 Å². The molecular formula is C23H22FN7O. The fourth-order valence-electron chi connectivity index (χ4n) is 4.02. The number of carbonyl (C=O) groups excluding carboxylic acids is 1. The average molecular weight is 431 g/mol. The van der Waals surface area contributed by atoms with Gasteiger partial charge in [-0.3, -0.25) is 9.78 Å². The first kappa shape index (κ1) is 20.0. The van der Waals surface area contributed by atoms with Crippen LogP contribution in [0.15, 0.2) is 55.2 Å².